The number of para-hydroxylation sites is 2. The van der Waals surface area contributed by atoms with Crippen LogP contribution in [0.25, 0.3) is 105 Å². The fraction of sp³-hybridized carbons (Fsp3) is 0. The predicted octanol–water partition coefficient (Wildman–Crippen LogP) is 13.1. The van der Waals surface area contributed by atoms with Gasteiger partial charge in [0.05, 0.1) is 17.9 Å². The average molecular weight is 652 g/mol. The normalized spacial score (nSPS) is 13.3. The Morgan fingerprint density at radius 2 is 1.00 bits per heavy atom. The molecule has 11 rings (SSSR count). The molecule has 0 spiro atoms. The number of imidazole rings is 1. The molecular weight excluding hydrogens is 617 g/mol. The number of hydrogen-bond donors (Lipinski definition) is 0. The highest BCUT2D eigenvalue weighted by atomic mass is 15.1. The lowest BCUT2D eigenvalue weighted by molar-refractivity contribution is 1.10. The van der Waals surface area contributed by atoms with Gasteiger partial charge in [-0.25, -0.2) is 4.98 Å². The zero-order chi connectivity index (χ0) is 37.8. The van der Waals surface area contributed by atoms with Crippen LogP contribution in [0.4, 0.5) is 0 Å². The number of hydrogen-bond acceptors (Lipinski definition) is 1. The van der Waals surface area contributed by atoms with Gasteiger partial charge in [0.1, 0.15) is 5.82 Å². The van der Waals surface area contributed by atoms with Crippen LogP contribution in [0.2, 0.25) is 0 Å². The van der Waals surface area contributed by atoms with Crippen LogP contribution < -0.4 is 0 Å². The second-order valence-electron chi connectivity index (χ2n) is 13.1. The third-order valence-electron chi connectivity index (χ3n) is 10.4. The van der Waals surface area contributed by atoms with Gasteiger partial charge in [-0.15, -0.1) is 0 Å². The van der Waals surface area contributed by atoms with Crippen LogP contribution in [0, 0.1) is 0 Å². The van der Waals surface area contributed by atoms with Crippen molar-refractivity contribution in [2.45, 2.75) is 0 Å². The Bertz CT molecular complexity index is 3210. The van der Waals surface area contributed by atoms with E-state index in [1.54, 1.807) is 0 Å². The summed E-state index contributed by atoms with van der Waals surface area (Å²) in [5, 5.41) is 7.05. The first kappa shape index (κ1) is 23.6. The molecule has 1 aliphatic rings. The Balaban J connectivity index is 1.18. The summed E-state index contributed by atoms with van der Waals surface area (Å²) in [6.45, 7) is 0. The van der Waals surface area contributed by atoms with E-state index in [4.69, 9.17) is 11.8 Å². The summed E-state index contributed by atoms with van der Waals surface area (Å²) in [6.07, 6.45) is 0. The average Bonchev–Trinajstić information content (AvgIpc) is 3.78. The zero-order valence-electron chi connectivity index (χ0n) is 32.3. The fourth-order valence-corrected chi connectivity index (χ4v) is 8.37. The van der Waals surface area contributed by atoms with Gasteiger partial charge in [-0.1, -0.05) is 158 Å². The quantitative estimate of drug-likeness (QED) is 0.173. The molecule has 0 fully saturated rings. The molecule has 0 unspecified atom stereocenters. The highest BCUT2D eigenvalue weighted by Gasteiger charge is 2.24. The molecule has 2 heteroatoms. The van der Waals surface area contributed by atoms with E-state index in [1.807, 2.05) is 41.0 Å². The highest BCUT2D eigenvalue weighted by molar-refractivity contribution is 6.26. The van der Waals surface area contributed by atoms with Crippen molar-refractivity contribution in [2.24, 2.45) is 0 Å². The smallest absolute Gasteiger partial charge is 0.145 e. The second kappa shape index (κ2) is 10.9. The first-order valence-corrected chi connectivity index (χ1v) is 17.2. The Hall–Kier alpha value is -6.77. The van der Waals surface area contributed by atoms with Gasteiger partial charge < -0.3 is 0 Å². The minimum absolute atomic E-state index is 0.0614. The SMILES string of the molecule is [2H]c1c([2H])c([2H])c(-c2nc3ccccc3n2-c2cccc(-c3c4ccccc4c(-c4ccc5c6c(cccc46)-c4ccccc4-5)c4ccccc34)c2)c([2H])c1[2H]. The molecule has 0 bridgehead atoms. The Morgan fingerprint density at radius 3 is 1.75 bits per heavy atom. The molecule has 2 nitrogen and oxygen atoms in total. The van der Waals surface area contributed by atoms with E-state index in [1.165, 1.54) is 44.2 Å². The van der Waals surface area contributed by atoms with E-state index in [-0.39, 0.29) is 17.6 Å². The minimum atomic E-state index is -0.433. The number of benzene rings is 9. The molecule has 1 heterocycles. The van der Waals surface area contributed by atoms with Gasteiger partial charge in [-0.05, 0) is 101 Å². The highest BCUT2D eigenvalue weighted by Crippen LogP contribution is 2.51. The summed E-state index contributed by atoms with van der Waals surface area (Å²) in [5.41, 5.74) is 11.8. The molecule has 10 aromatic rings. The lowest BCUT2D eigenvalue weighted by atomic mass is 9.84. The molecule has 0 N–H and O–H groups in total. The van der Waals surface area contributed by atoms with Crippen molar-refractivity contribution in [1.29, 1.82) is 0 Å². The van der Waals surface area contributed by atoms with Crippen molar-refractivity contribution in [3.05, 3.63) is 182 Å². The maximum absolute atomic E-state index is 8.84. The molecule has 0 atom stereocenters. The third-order valence-corrected chi connectivity index (χ3v) is 10.4. The van der Waals surface area contributed by atoms with Crippen molar-refractivity contribution in [3.63, 3.8) is 0 Å². The topological polar surface area (TPSA) is 17.8 Å². The number of rotatable bonds is 4. The Kier molecular flexibility index (Phi) is 5.02. The molecule has 236 valence electrons. The van der Waals surface area contributed by atoms with Crippen LogP contribution in [0.15, 0.2) is 182 Å². The number of nitrogens with zero attached hydrogens (tertiary/aromatic N) is 2. The van der Waals surface area contributed by atoms with E-state index < -0.39 is 18.1 Å². The van der Waals surface area contributed by atoms with E-state index >= 15 is 0 Å². The molecular formula is C49H30N2. The molecule has 51 heavy (non-hydrogen) atoms. The maximum atomic E-state index is 8.84. The van der Waals surface area contributed by atoms with E-state index in [9.17, 15) is 0 Å². The Labute approximate surface area is 302 Å². The summed E-state index contributed by atoms with van der Waals surface area (Å²) in [4.78, 5) is 4.89. The lowest BCUT2D eigenvalue weighted by Crippen LogP contribution is -1.98. The molecule has 0 aliphatic heterocycles. The maximum Gasteiger partial charge on any atom is 0.145 e. The number of fused-ring (bicyclic) bond motifs is 6. The zero-order valence-corrected chi connectivity index (χ0v) is 27.3. The first-order valence-electron chi connectivity index (χ1n) is 19.7. The molecule has 0 saturated carbocycles. The van der Waals surface area contributed by atoms with Crippen LogP contribution in [0.5, 0.6) is 0 Å². The monoisotopic (exact) mass is 651 g/mol. The van der Waals surface area contributed by atoms with Crippen LogP contribution in [-0.2, 0) is 0 Å². The van der Waals surface area contributed by atoms with Crippen molar-refractivity contribution in [2.75, 3.05) is 0 Å². The minimum Gasteiger partial charge on any atom is -0.292 e. The summed E-state index contributed by atoms with van der Waals surface area (Å²) in [6, 6.07) is 51.3. The van der Waals surface area contributed by atoms with E-state index in [0.29, 0.717) is 11.3 Å². The fourth-order valence-electron chi connectivity index (χ4n) is 8.37. The summed E-state index contributed by atoms with van der Waals surface area (Å²) < 4.78 is 44.7. The third kappa shape index (κ3) is 4.08. The summed E-state index contributed by atoms with van der Waals surface area (Å²) in [5.74, 6) is 0.291. The second-order valence-corrected chi connectivity index (χ2v) is 13.1. The predicted molar refractivity (Wildman–Crippen MR) is 214 cm³/mol. The van der Waals surface area contributed by atoms with Crippen molar-refractivity contribution in [3.8, 4) is 61.6 Å². The standard InChI is InChI=1S/C49H30N2/c1-2-14-31(15-3-1)49-50-44-26-10-11-27-45(44)51(49)33-17-12-16-32(30-33)46-37-20-6-8-22-39(37)48(40-23-9-7-21-38(40)46)43-29-28-42-35-19-5-4-18-34(35)36-24-13-25-41(43)47(36)42/h1-30H/i1D,2D,3D,14D,15D. The van der Waals surface area contributed by atoms with Crippen molar-refractivity contribution in [1.82, 2.24) is 9.55 Å². The van der Waals surface area contributed by atoms with Gasteiger partial charge in [-0.3, -0.25) is 4.57 Å². The van der Waals surface area contributed by atoms with Gasteiger partial charge in [0, 0.05) is 11.3 Å². The van der Waals surface area contributed by atoms with E-state index in [2.05, 4.69) is 115 Å². The number of aromatic nitrogens is 2. The molecule has 1 aromatic heterocycles. The molecule has 9 aromatic carbocycles. The van der Waals surface area contributed by atoms with Gasteiger partial charge in [-0.2, -0.15) is 0 Å². The van der Waals surface area contributed by atoms with Gasteiger partial charge in [0.2, 0.25) is 0 Å². The van der Waals surface area contributed by atoms with Crippen molar-refractivity contribution < 1.29 is 6.85 Å². The molecule has 0 amide bonds. The van der Waals surface area contributed by atoms with Crippen LogP contribution in [0.3, 0.4) is 0 Å². The van der Waals surface area contributed by atoms with E-state index in [0.717, 1.165) is 43.9 Å². The lowest BCUT2D eigenvalue weighted by Gasteiger charge is -2.20. The molecule has 0 saturated heterocycles. The summed E-state index contributed by atoms with van der Waals surface area (Å²) >= 11 is 0. The summed E-state index contributed by atoms with van der Waals surface area (Å²) in [7, 11) is 0. The van der Waals surface area contributed by atoms with Gasteiger partial charge >= 0.3 is 0 Å². The van der Waals surface area contributed by atoms with Crippen LogP contribution in [-0.4, -0.2) is 9.55 Å². The molecule has 1 aliphatic carbocycles. The van der Waals surface area contributed by atoms with Crippen LogP contribution in [0.1, 0.15) is 6.85 Å². The molecule has 0 radical (unpaired) electrons. The van der Waals surface area contributed by atoms with Crippen LogP contribution >= 0.6 is 0 Å². The van der Waals surface area contributed by atoms with Crippen molar-refractivity contribution >= 4 is 43.4 Å². The Morgan fingerprint density at radius 1 is 0.431 bits per heavy atom. The van der Waals surface area contributed by atoms with Gasteiger partial charge in [0.25, 0.3) is 0 Å². The van der Waals surface area contributed by atoms with Gasteiger partial charge in [0.15, 0.2) is 0 Å². The first-order chi connectivity index (χ1) is 27.4. The largest absolute Gasteiger partial charge is 0.292 e.